The zero-order chi connectivity index (χ0) is 13.8. The van der Waals surface area contributed by atoms with Crippen molar-refractivity contribution in [2.75, 3.05) is 38.6 Å². The Morgan fingerprint density at radius 3 is 2.53 bits per heavy atom. The first kappa shape index (κ1) is 14.0. The topological polar surface area (TPSA) is 64.0 Å². The highest BCUT2D eigenvalue weighted by molar-refractivity contribution is 6.18. The zero-order valence-corrected chi connectivity index (χ0v) is 11.3. The van der Waals surface area contributed by atoms with Gasteiger partial charge in [0.15, 0.2) is 0 Å². The summed E-state index contributed by atoms with van der Waals surface area (Å²) in [6, 6.07) is 3.97. The van der Waals surface area contributed by atoms with E-state index in [0.717, 1.165) is 19.6 Å². The van der Waals surface area contributed by atoms with Crippen molar-refractivity contribution in [1.29, 1.82) is 0 Å². The summed E-state index contributed by atoms with van der Waals surface area (Å²) < 4.78 is 0. The summed E-state index contributed by atoms with van der Waals surface area (Å²) >= 11 is 5.68. The largest absolute Gasteiger partial charge is 0.508 e. The van der Waals surface area contributed by atoms with Crippen molar-refractivity contribution in [3.63, 3.8) is 0 Å². The number of phenolic OH excluding ortho intramolecular Hbond substituents is 2. The third-order valence-electron chi connectivity index (χ3n) is 3.27. The second-order valence-corrected chi connectivity index (χ2v) is 4.90. The smallest absolute Gasteiger partial charge is 0.257 e. The van der Waals surface area contributed by atoms with Crippen LogP contribution in [0.5, 0.6) is 11.5 Å². The Balaban J connectivity index is 2.03. The molecule has 1 saturated heterocycles. The minimum atomic E-state index is -0.251. The number of alkyl halides is 1. The van der Waals surface area contributed by atoms with Crippen molar-refractivity contribution in [1.82, 2.24) is 9.80 Å². The second-order valence-electron chi connectivity index (χ2n) is 4.52. The summed E-state index contributed by atoms with van der Waals surface area (Å²) in [6.07, 6.45) is 0. The molecule has 0 aliphatic carbocycles. The van der Waals surface area contributed by atoms with Crippen LogP contribution in [0.4, 0.5) is 0 Å². The average molecular weight is 285 g/mol. The van der Waals surface area contributed by atoms with E-state index in [9.17, 15) is 15.0 Å². The lowest BCUT2D eigenvalue weighted by molar-refractivity contribution is 0.0641. The molecule has 1 aliphatic heterocycles. The fourth-order valence-electron chi connectivity index (χ4n) is 2.16. The summed E-state index contributed by atoms with van der Waals surface area (Å²) in [4.78, 5) is 16.1. The van der Waals surface area contributed by atoms with Crippen molar-refractivity contribution < 1.29 is 15.0 Å². The predicted molar refractivity (Wildman–Crippen MR) is 72.8 cm³/mol. The van der Waals surface area contributed by atoms with E-state index < -0.39 is 0 Å². The fraction of sp³-hybridized carbons (Fsp3) is 0.462. The van der Waals surface area contributed by atoms with Gasteiger partial charge in [-0.25, -0.2) is 0 Å². The van der Waals surface area contributed by atoms with E-state index in [0.29, 0.717) is 19.0 Å². The van der Waals surface area contributed by atoms with Crippen molar-refractivity contribution in [3.8, 4) is 11.5 Å². The minimum Gasteiger partial charge on any atom is -0.508 e. The Labute approximate surface area is 117 Å². The van der Waals surface area contributed by atoms with Crippen LogP contribution in [0.25, 0.3) is 0 Å². The Kier molecular flexibility index (Phi) is 4.50. The third kappa shape index (κ3) is 3.30. The van der Waals surface area contributed by atoms with Crippen molar-refractivity contribution in [3.05, 3.63) is 23.8 Å². The molecule has 1 aromatic carbocycles. The second kappa shape index (κ2) is 6.12. The van der Waals surface area contributed by atoms with Gasteiger partial charge in [0, 0.05) is 38.6 Å². The van der Waals surface area contributed by atoms with Gasteiger partial charge in [-0.1, -0.05) is 0 Å². The first-order valence-electron chi connectivity index (χ1n) is 6.21. The lowest BCUT2D eigenvalue weighted by Gasteiger charge is -2.34. The summed E-state index contributed by atoms with van der Waals surface area (Å²) in [5, 5.41) is 19.1. The minimum absolute atomic E-state index is 0.0260. The van der Waals surface area contributed by atoms with Gasteiger partial charge in [0.1, 0.15) is 11.5 Å². The van der Waals surface area contributed by atoms with Crippen molar-refractivity contribution in [2.45, 2.75) is 0 Å². The molecule has 1 aliphatic rings. The van der Waals surface area contributed by atoms with E-state index in [1.807, 2.05) is 0 Å². The zero-order valence-electron chi connectivity index (χ0n) is 10.5. The van der Waals surface area contributed by atoms with E-state index in [1.54, 1.807) is 4.90 Å². The molecule has 1 fully saturated rings. The molecule has 0 spiro atoms. The highest BCUT2D eigenvalue weighted by Gasteiger charge is 2.23. The normalized spacial score (nSPS) is 16.6. The molecule has 104 valence electrons. The van der Waals surface area contributed by atoms with E-state index in [4.69, 9.17) is 11.6 Å². The summed E-state index contributed by atoms with van der Waals surface area (Å²) in [6.45, 7) is 3.58. The maximum absolute atomic E-state index is 12.2. The van der Waals surface area contributed by atoms with Crippen LogP contribution in [0.1, 0.15) is 10.4 Å². The van der Waals surface area contributed by atoms with Crippen LogP contribution >= 0.6 is 11.6 Å². The number of hydrogen-bond donors (Lipinski definition) is 2. The molecule has 2 rings (SSSR count). The van der Waals surface area contributed by atoms with Crippen molar-refractivity contribution in [2.24, 2.45) is 0 Å². The number of piperazine rings is 1. The Morgan fingerprint density at radius 2 is 1.89 bits per heavy atom. The van der Waals surface area contributed by atoms with Crippen LogP contribution in [0, 0.1) is 0 Å². The molecule has 0 radical (unpaired) electrons. The summed E-state index contributed by atoms with van der Waals surface area (Å²) in [7, 11) is 0. The van der Waals surface area contributed by atoms with Gasteiger partial charge in [-0.2, -0.15) is 0 Å². The van der Waals surface area contributed by atoms with Gasteiger partial charge in [-0.05, 0) is 18.2 Å². The number of aromatic hydroxyl groups is 2. The van der Waals surface area contributed by atoms with Crippen LogP contribution in [0.3, 0.4) is 0 Å². The van der Waals surface area contributed by atoms with Crippen LogP contribution in [-0.2, 0) is 0 Å². The number of nitrogens with zero attached hydrogens (tertiary/aromatic N) is 2. The predicted octanol–water partition coefficient (Wildman–Crippen LogP) is 1.09. The Hall–Kier alpha value is -1.46. The van der Waals surface area contributed by atoms with Gasteiger partial charge in [-0.3, -0.25) is 9.69 Å². The molecule has 19 heavy (non-hydrogen) atoms. The first-order valence-corrected chi connectivity index (χ1v) is 6.75. The molecule has 0 saturated carbocycles. The molecule has 0 bridgehead atoms. The summed E-state index contributed by atoms with van der Waals surface area (Å²) in [5.74, 6) is 0.202. The van der Waals surface area contributed by atoms with Gasteiger partial charge in [0.05, 0.1) is 5.56 Å². The molecular weight excluding hydrogens is 268 g/mol. The molecule has 5 nitrogen and oxygen atoms in total. The number of rotatable bonds is 3. The molecule has 0 unspecified atom stereocenters. The third-order valence-corrected chi connectivity index (χ3v) is 3.44. The summed E-state index contributed by atoms with van der Waals surface area (Å²) in [5.41, 5.74) is 0.144. The monoisotopic (exact) mass is 284 g/mol. The maximum Gasteiger partial charge on any atom is 0.257 e. The number of benzene rings is 1. The van der Waals surface area contributed by atoms with E-state index in [-0.39, 0.29) is 23.0 Å². The van der Waals surface area contributed by atoms with Gasteiger partial charge in [0.2, 0.25) is 0 Å². The SMILES string of the molecule is O=C(c1cc(O)ccc1O)N1CCN(CCCl)CC1. The van der Waals surface area contributed by atoms with Gasteiger partial charge < -0.3 is 15.1 Å². The maximum atomic E-state index is 12.2. The van der Waals surface area contributed by atoms with E-state index >= 15 is 0 Å². The Morgan fingerprint density at radius 1 is 1.21 bits per heavy atom. The number of hydrogen-bond acceptors (Lipinski definition) is 4. The first-order chi connectivity index (χ1) is 9.11. The van der Waals surface area contributed by atoms with Crippen LogP contribution < -0.4 is 0 Å². The van der Waals surface area contributed by atoms with E-state index in [2.05, 4.69) is 4.90 Å². The van der Waals surface area contributed by atoms with Crippen LogP contribution in [-0.4, -0.2) is 64.5 Å². The molecular formula is C13H17ClN2O3. The van der Waals surface area contributed by atoms with Gasteiger partial charge in [-0.15, -0.1) is 11.6 Å². The number of carbonyl (C=O) groups is 1. The van der Waals surface area contributed by atoms with Crippen LogP contribution in [0.2, 0.25) is 0 Å². The Bertz CT molecular complexity index is 459. The standard InChI is InChI=1S/C13H17ClN2O3/c14-3-4-15-5-7-16(8-6-15)13(19)11-9-10(17)1-2-12(11)18/h1-2,9,17-18H,3-8H2. The van der Waals surface area contributed by atoms with Gasteiger partial charge in [0.25, 0.3) is 5.91 Å². The molecule has 0 aromatic heterocycles. The van der Waals surface area contributed by atoms with Gasteiger partial charge >= 0.3 is 0 Å². The molecule has 2 N–H and O–H groups in total. The number of halogens is 1. The lowest BCUT2D eigenvalue weighted by atomic mass is 10.1. The molecule has 6 heteroatoms. The molecule has 0 atom stereocenters. The molecule has 1 aromatic rings. The lowest BCUT2D eigenvalue weighted by Crippen LogP contribution is -2.49. The quantitative estimate of drug-likeness (QED) is 0.644. The molecule has 1 heterocycles. The van der Waals surface area contributed by atoms with Crippen LogP contribution in [0.15, 0.2) is 18.2 Å². The van der Waals surface area contributed by atoms with E-state index in [1.165, 1.54) is 18.2 Å². The molecule has 1 amide bonds. The number of phenols is 2. The number of amides is 1. The fourth-order valence-corrected chi connectivity index (χ4v) is 2.40. The average Bonchev–Trinajstić information content (AvgIpc) is 2.42. The highest BCUT2D eigenvalue weighted by atomic mass is 35.5. The highest BCUT2D eigenvalue weighted by Crippen LogP contribution is 2.23. The van der Waals surface area contributed by atoms with Crippen molar-refractivity contribution >= 4 is 17.5 Å². The number of carbonyl (C=O) groups excluding carboxylic acids is 1.